The normalized spacial score (nSPS) is 15.5. The molecule has 0 atom stereocenters. The summed E-state index contributed by atoms with van der Waals surface area (Å²) in [5, 5.41) is 6.83. The van der Waals surface area contributed by atoms with Crippen LogP contribution in [0.2, 0.25) is 0 Å². The highest BCUT2D eigenvalue weighted by Gasteiger charge is 2.17. The van der Waals surface area contributed by atoms with Crippen molar-refractivity contribution in [1.29, 1.82) is 0 Å². The third-order valence-electron chi connectivity index (χ3n) is 6.49. The Bertz CT molecular complexity index is 1240. The van der Waals surface area contributed by atoms with Gasteiger partial charge in [0.15, 0.2) is 5.65 Å². The average molecular weight is 501 g/mol. The van der Waals surface area contributed by atoms with Crippen molar-refractivity contribution >= 4 is 34.4 Å². The second-order valence-corrected chi connectivity index (χ2v) is 9.71. The van der Waals surface area contributed by atoms with E-state index < -0.39 is 0 Å². The predicted molar refractivity (Wildman–Crippen MR) is 156 cm³/mol. The lowest BCUT2D eigenvalue weighted by Crippen LogP contribution is -2.44. The molecule has 8 nitrogen and oxygen atoms in total. The summed E-state index contributed by atoms with van der Waals surface area (Å²) in [5.41, 5.74) is 4.74. The van der Waals surface area contributed by atoms with Crippen molar-refractivity contribution in [2.75, 3.05) is 48.8 Å². The quantitative estimate of drug-likeness (QED) is 0.324. The number of piperazine rings is 1. The van der Waals surface area contributed by atoms with Crippen LogP contribution in [0.25, 0.3) is 11.2 Å². The second-order valence-electron chi connectivity index (χ2n) is 9.71. The summed E-state index contributed by atoms with van der Waals surface area (Å²) in [5.74, 6) is 1.31. The number of hydrogen-bond donors (Lipinski definition) is 2. The molecule has 0 aliphatic carbocycles. The van der Waals surface area contributed by atoms with Crippen LogP contribution in [0.15, 0.2) is 66.5 Å². The van der Waals surface area contributed by atoms with Gasteiger partial charge in [-0.2, -0.15) is 4.98 Å². The SMILES string of the molecule is C\C=C(/C=C\C=C\CCC)Nc1nc2cnc(Nc3ccc(N4CCN(C)CC4)cc3)nc2n1C(C)C. The third kappa shape index (κ3) is 6.77. The highest BCUT2D eigenvalue weighted by molar-refractivity contribution is 5.76. The van der Waals surface area contributed by atoms with Crippen molar-refractivity contribution in [3.05, 3.63) is 66.5 Å². The first kappa shape index (κ1) is 26.4. The van der Waals surface area contributed by atoms with Crippen molar-refractivity contribution in [1.82, 2.24) is 24.4 Å². The van der Waals surface area contributed by atoms with E-state index in [9.17, 15) is 0 Å². The van der Waals surface area contributed by atoms with Crippen LogP contribution in [0.1, 0.15) is 46.6 Å². The Morgan fingerprint density at radius 2 is 1.81 bits per heavy atom. The smallest absolute Gasteiger partial charge is 0.229 e. The summed E-state index contributed by atoms with van der Waals surface area (Å²) >= 11 is 0. The minimum absolute atomic E-state index is 0.171. The zero-order valence-electron chi connectivity index (χ0n) is 22.8. The molecule has 0 spiro atoms. The van der Waals surface area contributed by atoms with Crippen LogP contribution in [0.4, 0.5) is 23.3 Å². The van der Waals surface area contributed by atoms with Gasteiger partial charge in [-0.05, 0) is 64.6 Å². The molecule has 0 saturated carbocycles. The first-order valence-electron chi connectivity index (χ1n) is 13.3. The van der Waals surface area contributed by atoms with E-state index in [2.05, 4.69) is 106 Å². The molecule has 0 unspecified atom stereocenters. The highest BCUT2D eigenvalue weighted by atomic mass is 15.3. The standard InChI is InChI=1S/C29H40N8/c1-6-8-9-10-11-12-23(7-2)32-29-33-26-21-30-28(34-27(26)37(29)22(3)4)31-24-13-15-25(16-14-24)36-19-17-35(5)18-20-36/h7,9-16,21-22H,6,8,17-20H2,1-5H3,(H,32,33)(H,30,31,34)/b10-9+,12-11-,23-7+. The summed E-state index contributed by atoms with van der Waals surface area (Å²) in [6, 6.07) is 8.68. The Labute approximate surface area is 220 Å². The van der Waals surface area contributed by atoms with Crippen molar-refractivity contribution in [3.63, 3.8) is 0 Å². The van der Waals surface area contributed by atoms with Crippen molar-refractivity contribution in [2.45, 2.75) is 46.6 Å². The van der Waals surface area contributed by atoms with E-state index in [1.54, 1.807) is 6.20 Å². The van der Waals surface area contributed by atoms with E-state index in [4.69, 9.17) is 9.97 Å². The van der Waals surface area contributed by atoms with Gasteiger partial charge in [0.25, 0.3) is 0 Å². The molecular weight excluding hydrogens is 460 g/mol. The molecule has 1 fully saturated rings. The topological polar surface area (TPSA) is 74.1 Å². The van der Waals surface area contributed by atoms with E-state index >= 15 is 0 Å². The van der Waals surface area contributed by atoms with E-state index in [1.165, 1.54) is 5.69 Å². The largest absolute Gasteiger partial charge is 0.369 e. The van der Waals surface area contributed by atoms with Crippen LogP contribution < -0.4 is 15.5 Å². The first-order chi connectivity index (χ1) is 18.0. The zero-order chi connectivity index (χ0) is 26.2. The Morgan fingerprint density at radius 3 is 2.49 bits per heavy atom. The van der Waals surface area contributed by atoms with Crippen molar-refractivity contribution in [2.24, 2.45) is 0 Å². The van der Waals surface area contributed by atoms with Crippen LogP contribution in [0.3, 0.4) is 0 Å². The molecule has 37 heavy (non-hydrogen) atoms. The number of fused-ring (bicyclic) bond motifs is 1. The molecule has 1 aliphatic heterocycles. The van der Waals surface area contributed by atoms with Gasteiger partial charge in [-0.25, -0.2) is 9.97 Å². The van der Waals surface area contributed by atoms with Crippen molar-refractivity contribution in [3.8, 4) is 0 Å². The molecule has 3 aromatic rings. The Balaban J connectivity index is 1.51. The van der Waals surface area contributed by atoms with Crippen LogP contribution in [0.5, 0.6) is 0 Å². The fraction of sp³-hybridized carbons (Fsp3) is 0.414. The molecule has 8 heteroatoms. The lowest BCUT2D eigenvalue weighted by molar-refractivity contribution is 0.313. The molecule has 0 radical (unpaired) electrons. The van der Waals surface area contributed by atoms with Crippen molar-refractivity contribution < 1.29 is 0 Å². The highest BCUT2D eigenvalue weighted by Crippen LogP contribution is 2.26. The molecule has 1 aliphatic rings. The number of nitrogens with one attached hydrogen (secondary N) is 2. The molecular formula is C29H40N8. The Kier molecular flexibility index (Phi) is 8.95. The summed E-state index contributed by atoms with van der Waals surface area (Å²) in [7, 11) is 2.18. The van der Waals surface area contributed by atoms with E-state index in [0.29, 0.717) is 5.95 Å². The minimum atomic E-state index is 0.171. The van der Waals surface area contributed by atoms with Gasteiger partial charge in [0.05, 0.1) is 6.20 Å². The molecule has 4 rings (SSSR count). The molecule has 196 valence electrons. The number of nitrogens with zero attached hydrogens (tertiary/aromatic N) is 6. The van der Waals surface area contributed by atoms with Crippen LogP contribution >= 0.6 is 0 Å². The molecule has 3 heterocycles. The summed E-state index contributed by atoms with van der Waals surface area (Å²) in [4.78, 5) is 19.0. The maximum absolute atomic E-state index is 4.84. The molecule has 1 aromatic carbocycles. The van der Waals surface area contributed by atoms with E-state index in [-0.39, 0.29) is 6.04 Å². The zero-order valence-corrected chi connectivity index (χ0v) is 22.8. The number of unbranched alkanes of at least 4 members (excludes halogenated alkanes) is 1. The number of allylic oxidation sites excluding steroid dienone is 5. The monoisotopic (exact) mass is 500 g/mol. The Hall–Kier alpha value is -3.65. The van der Waals surface area contributed by atoms with E-state index in [0.717, 1.165) is 67.5 Å². The summed E-state index contributed by atoms with van der Waals surface area (Å²) in [6.07, 6.45) is 14.4. The lowest BCUT2D eigenvalue weighted by atomic mass is 10.2. The van der Waals surface area contributed by atoms with E-state index in [1.807, 2.05) is 13.0 Å². The minimum Gasteiger partial charge on any atom is -0.369 e. The van der Waals surface area contributed by atoms with Crippen LogP contribution in [0, 0.1) is 0 Å². The summed E-state index contributed by atoms with van der Waals surface area (Å²) < 4.78 is 2.11. The molecule has 2 N–H and O–H groups in total. The van der Waals surface area contributed by atoms with Crippen LogP contribution in [-0.4, -0.2) is 57.6 Å². The van der Waals surface area contributed by atoms with Gasteiger partial charge in [-0.15, -0.1) is 0 Å². The number of imidazole rings is 1. The molecule has 0 bridgehead atoms. The fourth-order valence-electron chi connectivity index (χ4n) is 4.32. The van der Waals surface area contributed by atoms with Crippen LogP contribution in [-0.2, 0) is 0 Å². The predicted octanol–water partition coefficient (Wildman–Crippen LogP) is 6.13. The van der Waals surface area contributed by atoms with Gasteiger partial charge in [-0.3, -0.25) is 4.57 Å². The number of aromatic nitrogens is 4. The number of likely N-dealkylation sites (N-methyl/N-ethyl adjacent to an activating group) is 1. The maximum Gasteiger partial charge on any atom is 0.229 e. The maximum atomic E-state index is 4.84. The van der Waals surface area contributed by atoms with Gasteiger partial charge in [0.1, 0.15) is 5.52 Å². The molecule has 0 amide bonds. The number of anilines is 4. The second kappa shape index (κ2) is 12.5. The molecule has 2 aromatic heterocycles. The van der Waals surface area contributed by atoms with Gasteiger partial charge >= 0.3 is 0 Å². The number of rotatable bonds is 10. The van der Waals surface area contributed by atoms with Gasteiger partial charge in [-0.1, -0.05) is 37.6 Å². The molecule has 1 saturated heterocycles. The van der Waals surface area contributed by atoms with Gasteiger partial charge < -0.3 is 20.4 Å². The summed E-state index contributed by atoms with van der Waals surface area (Å²) in [6.45, 7) is 12.8. The van der Waals surface area contributed by atoms with Gasteiger partial charge in [0, 0.05) is 49.3 Å². The Morgan fingerprint density at radius 1 is 1.05 bits per heavy atom. The third-order valence-corrected chi connectivity index (χ3v) is 6.49. The lowest BCUT2D eigenvalue weighted by Gasteiger charge is -2.34. The number of hydrogen-bond acceptors (Lipinski definition) is 7. The average Bonchev–Trinajstić information content (AvgIpc) is 3.26. The van der Waals surface area contributed by atoms with Gasteiger partial charge in [0.2, 0.25) is 11.9 Å². The fourth-order valence-corrected chi connectivity index (χ4v) is 4.32. The first-order valence-corrected chi connectivity index (χ1v) is 13.3. The number of benzene rings is 1.